The number of halogens is 1. The second-order valence-electron chi connectivity index (χ2n) is 5.28. The van der Waals surface area contributed by atoms with Crippen molar-refractivity contribution in [1.29, 1.82) is 0 Å². The molecule has 0 unspecified atom stereocenters. The van der Waals surface area contributed by atoms with Crippen molar-refractivity contribution in [3.05, 3.63) is 52.0 Å². The van der Waals surface area contributed by atoms with Gasteiger partial charge in [0, 0.05) is 6.54 Å². The van der Waals surface area contributed by atoms with Crippen molar-refractivity contribution < 1.29 is 24.2 Å². The average molecular weight is 436 g/mol. The molecular formula is C18H18BrN3O5. The molecule has 8 nitrogen and oxygen atoms in total. The summed E-state index contributed by atoms with van der Waals surface area (Å²) in [4.78, 5) is 23.6. The van der Waals surface area contributed by atoms with Gasteiger partial charge in [-0.1, -0.05) is 12.1 Å². The van der Waals surface area contributed by atoms with Crippen LogP contribution in [0.2, 0.25) is 0 Å². The molecule has 2 amide bonds. The van der Waals surface area contributed by atoms with E-state index in [0.717, 1.165) is 5.56 Å². The lowest BCUT2D eigenvalue weighted by Gasteiger charge is -2.06. The number of ether oxygens (including phenoxy) is 2. The lowest BCUT2D eigenvalue weighted by atomic mass is 10.2. The molecule has 0 bridgehead atoms. The van der Waals surface area contributed by atoms with E-state index in [1.165, 1.54) is 19.4 Å². The number of benzene rings is 2. The van der Waals surface area contributed by atoms with Crippen LogP contribution < -0.4 is 20.2 Å². The summed E-state index contributed by atoms with van der Waals surface area (Å²) < 4.78 is 10.5. The van der Waals surface area contributed by atoms with Crippen molar-refractivity contribution in [3.8, 4) is 17.2 Å². The summed E-state index contributed by atoms with van der Waals surface area (Å²) in [5, 5.41) is 16.0. The van der Waals surface area contributed by atoms with Crippen LogP contribution in [-0.4, -0.2) is 37.4 Å². The Morgan fingerprint density at radius 3 is 2.48 bits per heavy atom. The number of nitrogens with zero attached hydrogens (tertiary/aromatic N) is 1. The second-order valence-corrected chi connectivity index (χ2v) is 6.14. The van der Waals surface area contributed by atoms with Crippen LogP contribution in [0.5, 0.6) is 17.2 Å². The molecule has 2 aromatic carbocycles. The van der Waals surface area contributed by atoms with E-state index in [-0.39, 0.29) is 18.0 Å². The van der Waals surface area contributed by atoms with Crippen LogP contribution in [0, 0.1) is 0 Å². The number of carbonyl (C=O) groups excluding carboxylic acids is 2. The number of phenolic OH excluding ortho intramolecular Hbond substituents is 1. The maximum absolute atomic E-state index is 11.8. The first-order chi connectivity index (χ1) is 12.9. The minimum absolute atomic E-state index is 0.0448. The lowest BCUT2D eigenvalue weighted by Crippen LogP contribution is -2.37. The first-order valence-electron chi connectivity index (χ1n) is 7.75. The number of hydrogen-bond acceptors (Lipinski definition) is 6. The van der Waals surface area contributed by atoms with E-state index in [0.29, 0.717) is 15.8 Å². The van der Waals surface area contributed by atoms with E-state index in [9.17, 15) is 14.7 Å². The highest BCUT2D eigenvalue weighted by molar-refractivity contribution is 9.10. The summed E-state index contributed by atoms with van der Waals surface area (Å²) in [7, 11) is 2.98. The number of carbonyl (C=O) groups is 2. The van der Waals surface area contributed by atoms with E-state index >= 15 is 0 Å². The molecule has 9 heteroatoms. The van der Waals surface area contributed by atoms with E-state index < -0.39 is 11.8 Å². The van der Waals surface area contributed by atoms with Crippen LogP contribution in [0.1, 0.15) is 11.1 Å². The van der Waals surface area contributed by atoms with Gasteiger partial charge in [0.15, 0.2) is 11.5 Å². The van der Waals surface area contributed by atoms with Crippen molar-refractivity contribution in [1.82, 2.24) is 10.7 Å². The van der Waals surface area contributed by atoms with Crippen LogP contribution >= 0.6 is 15.9 Å². The lowest BCUT2D eigenvalue weighted by molar-refractivity contribution is -0.139. The highest BCUT2D eigenvalue weighted by Gasteiger charge is 2.12. The predicted octanol–water partition coefficient (Wildman–Crippen LogP) is 1.94. The van der Waals surface area contributed by atoms with Crippen LogP contribution in [0.4, 0.5) is 0 Å². The Kier molecular flexibility index (Phi) is 7.18. The number of rotatable bonds is 6. The third-order valence-corrected chi connectivity index (χ3v) is 4.07. The molecule has 0 saturated heterocycles. The molecule has 0 heterocycles. The number of nitrogens with one attached hydrogen (secondary N) is 2. The Morgan fingerprint density at radius 1 is 1.15 bits per heavy atom. The van der Waals surface area contributed by atoms with Gasteiger partial charge in [-0.2, -0.15) is 5.10 Å². The topological polar surface area (TPSA) is 109 Å². The van der Waals surface area contributed by atoms with Crippen LogP contribution in [-0.2, 0) is 16.1 Å². The maximum atomic E-state index is 11.8. The fourth-order valence-electron chi connectivity index (χ4n) is 2.05. The molecule has 0 radical (unpaired) electrons. The molecule has 3 N–H and O–H groups in total. The fourth-order valence-corrected chi connectivity index (χ4v) is 2.51. The molecule has 0 saturated carbocycles. The van der Waals surface area contributed by atoms with Crippen molar-refractivity contribution in [2.24, 2.45) is 5.10 Å². The minimum atomic E-state index is -0.899. The Morgan fingerprint density at radius 2 is 1.85 bits per heavy atom. The predicted molar refractivity (Wildman–Crippen MR) is 103 cm³/mol. The van der Waals surface area contributed by atoms with E-state index in [4.69, 9.17) is 9.47 Å². The molecule has 0 atom stereocenters. The molecule has 0 aliphatic heterocycles. The molecule has 0 fully saturated rings. The SMILES string of the molecule is COc1ccc(CNC(=O)C(=O)N/N=C\c2cc(Br)c(O)c(OC)c2)cc1. The normalized spacial score (nSPS) is 10.5. The van der Waals surface area contributed by atoms with Crippen molar-refractivity contribution in [2.75, 3.05) is 14.2 Å². The molecule has 0 aliphatic rings. The van der Waals surface area contributed by atoms with Crippen LogP contribution in [0.25, 0.3) is 0 Å². The zero-order valence-electron chi connectivity index (χ0n) is 14.7. The van der Waals surface area contributed by atoms with Crippen molar-refractivity contribution >= 4 is 34.0 Å². The van der Waals surface area contributed by atoms with Gasteiger partial charge in [0.1, 0.15) is 5.75 Å². The summed E-state index contributed by atoms with van der Waals surface area (Å²) in [6.45, 7) is 0.196. The van der Waals surface area contributed by atoms with Gasteiger partial charge in [0.05, 0.1) is 24.9 Å². The third-order valence-electron chi connectivity index (χ3n) is 3.47. The molecule has 2 aromatic rings. The smallest absolute Gasteiger partial charge is 0.329 e. The van der Waals surface area contributed by atoms with Crippen molar-refractivity contribution in [3.63, 3.8) is 0 Å². The van der Waals surface area contributed by atoms with E-state index in [1.807, 2.05) is 0 Å². The number of aromatic hydroxyl groups is 1. The Bertz CT molecular complexity index is 853. The number of methoxy groups -OCH3 is 2. The molecule has 0 aromatic heterocycles. The van der Waals surface area contributed by atoms with Gasteiger partial charge in [-0.05, 0) is 51.3 Å². The third kappa shape index (κ3) is 5.71. The van der Waals surface area contributed by atoms with Gasteiger partial charge in [-0.15, -0.1) is 0 Å². The maximum Gasteiger partial charge on any atom is 0.329 e. The zero-order chi connectivity index (χ0) is 19.8. The molecule has 142 valence electrons. The van der Waals surface area contributed by atoms with Crippen molar-refractivity contribution in [2.45, 2.75) is 6.54 Å². The molecule has 0 spiro atoms. The minimum Gasteiger partial charge on any atom is -0.503 e. The summed E-state index contributed by atoms with van der Waals surface area (Å²) in [6.07, 6.45) is 1.32. The summed E-state index contributed by atoms with van der Waals surface area (Å²) in [6, 6.07) is 10.2. The Hall–Kier alpha value is -3.07. The first kappa shape index (κ1) is 20.2. The van der Waals surface area contributed by atoms with Gasteiger partial charge >= 0.3 is 11.8 Å². The second kappa shape index (κ2) is 9.58. The highest BCUT2D eigenvalue weighted by atomic mass is 79.9. The quantitative estimate of drug-likeness (QED) is 0.364. The summed E-state index contributed by atoms with van der Waals surface area (Å²) in [5.74, 6) is -0.808. The molecule has 0 aliphatic carbocycles. The highest BCUT2D eigenvalue weighted by Crippen LogP contribution is 2.34. The van der Waals surface area contributed by atoms with Gasteiger partial charge in [0.2, 0.25) is 0 Å². The first-order valence-corrected chi connectivity index (χ1v) is 8.54. The number of hydrogen-bond donors (Lipinski definition) is 3. The number of hydrazone groups is 1. The monoisotopic (exact) mass is 435 g/mol. The number of phenols is 1. The standard InChI is InChI=1S/C18H18BrN3O5/c1-26-13-5-3-11(4-6-13)9-20-17(24)18(25)22-21-10-12-7-14(19)16(23)15(8-12)27-2/h3-8,10,23H,9H2,1-2H3,(H,20,24)(H,22,25)/b21-10-. The summed E-state index contributed by atoms with van der Waals surface area (Å²) >= 11 is 3.18. The van der Waals surface area contributed by atoms with Gasteiger partial charge in [-0.25, -0.2) is 5.43 Å². The molecule has 27 heavy (non-hydrogen) atoms. The van der Waals surface area contributed by atoms with Crippen LogP contribution in [0.3, 0.4) is 0 Å². The fraction of sp³-hybridized carbons (Fsp3) is 0.167. The van der Waals surface area contributed by atoms with E-state index in [1.54, 1.807) is 37.4 Å². The van der Waals surface area contributed by atoms with Gasteiger partial charge in [-0.3, -0.25) is 9.59 Å². The van der Waals surface area contributed by atoms with Gasteiger partial charge in [0.25, 0.3) is 0 Å². The number of amides is 2. The summed E-state index contributed by atoms with van der Waals surface area (Å²) in [5.41, 5.74) is 3.51. The van der Waals surface area contributed by atoms with Crippen LogP contribution in [0.15, 0.2) is 46.0 Å². The molecule has 2 rings (SSSR count). The van der Waals surface area contributed by atoms with E-state index in [2.05, 4.69) is 31.8 Å². The largest absolute Gasteiger partial charge is 0.503 e. The average Bonchev–Trinajstić information content (AvgIpc) is 2.68. The Balaban J connectivity index is 1.88. The zero-order valence-corrected chi connectivity index (χ0v) is 16.2. The molecular weight excluding hydrogens is 418 g/mol. The Labute approximate surface area is 164 Å². The van der Waals surface area contributed by atoms with Gasteiger partial charge < -0.3 is 19.9 Å².